The fourth-order valence-corrected chi connectivity index (χ4v) is 2.83. The van der Waals surface area contributed by atoms with Crippen LogP contribution in [0.3, 0.4) is 0 Å². The number of nitrogens with zero attached hydrogens (tertiary/aromatic N) is 1. The average Bonchev–Trinajstić information content (AvgIpc) is 3.07. The van der Waals surface area contributed by atoms with Crippen LogP contribution in [0.5, 0.6) is 5.75 Å². The van der Waals surface area contributed by atoms with E-state index in [1.54, 1.807) is 7.05 Å². The zero-order valence-electron chi connectivity index (χ0n) is 14.4. The van der Waals surface area contributed by atoms with Gasteiger partial charge in [0.1, 0.15) is 5.75 Å². The molecule has 0 saturated heterocycles. The van der Waals surface area contributed by atoms with Gasteiger partial charge >= 0.3 is 0 Å². The van der Waals surface area contributed by atoms with E-state index in [0.29, 0.717) is 0 Å². The topological polar surface area (TPSA) is 45.7 Å². The Kier molecular flexibility index (Phi) is 5.36. The van der Waals surface area contributed by atoms with Gasteiger partial charge < -0.3 is 15.4 Å². The van der Waals surface area contributed by atoms with Crippen molar-refractivity contribution in [3.8, 4) is 5.75 Å². The minimum Gasteiger partial charge on any atom is -0.493 e. The smallest absolute Gasteiger partial charge is 0.191 e. The summed E-state index contributed by atoms with van der Waals surface area (Å²) >= 11 is 0. The summed E-state index contributed by atoms with van der Waals surface area (Å²) in [5.74, 6) is 1.88. The molecule has 1 aliphatic rings. The van der Waals surface area contributed by atoms with Gasteiger partial charge in [0.25, 0.3) is 0 Å². The molecule has 0 amide bonds. The molecule has 0 saturated carbocycles. The van der Waals surface area contributed by atoms with Gasteiger partial charge in [0, 0.05) is 26.6 Å². The van der Waals surface area contributed by atoms with E-state index in [2.05, 4.69) is 65.0 Å². The third-order valence-corrected chi connectivity index (χ3v) is 4.26. The standard InChI is InChI=1S/C20H25N3O/c1-15-3-5-17(6-4-15)14-23-20(21-2)22-11-9-16-7-8-19-18(13-16)10-12-24-19/h3-8,13H,9-12,14H2,1-2H3,(H2,21,22,23). The second-order valence-corrected chi connectivity index (χ2v) is 6.13. The largest absolute Gasteiger partial charge is 0.493 e. The predicted octanol–water partition coefficient (Wildman–Crippen LogP) is 2.84. The first-order valence-corrected chi connectivity index (χ1v) is 8.49. The van der Waals surface area contributed by atoms with Crippen molar-refractivity contribution in [1.82, 2.24) is 10.6 Å². The van der Waals surface area contributed by atoms with Crippen LogP contribution in [0.1, 0.15) is 22.3 Å². The molecule has 2 N–H and O–H groups in total. The molecule has 0 unspecified atom stereocenters. The highest BCUT2D eigenvalue weighted by atomic mass is 16.5. The Hall–Kier alpha value is -2.49. The molecule has 2 aromatic carbocycles. The highest BCUT2D eigenvalue weighted by Gasteiger charge is 2.11. The zero-order valence-corrected chi connectivity index (χ0v) is 14.4. The lowest BCUT2D eigenvalue weighted by atomic mass is 10.1. The van der Waals surface area contributed by atoms with Gasteiger partial charge in [-0.25, -0.2) is 0 Å². The predicted molar refractivity (Wildman–Crippen MR) is 98.7 cm³/mol. The number of ether oxygens (including phenoxy) is 1. The highest BCUT2D eigenvalue weighted by molar-refractivity contribution is 5.79. The number of fused-ring (bicyclic) bond motifs is 1. The number of aliphatic imine (C=N–C) groups is 1. The van der Waals surface area contributed by atoms with E-state index in [1.807, 2.05) is 0 Å². The lowest BCUT2D eigenvalue weighted by molar-refractivity contribution is 0.357. The first-order valence-electron chi connectivity index (χ1n) is 8.49. The molecular formula is C20H25N3O. The average molecular weight is 323 g/mol. The number of guanidine groups is 1. The van der Waals surface area contributed by atoms with Crippen LogP contribution in [-0.2, 0) is 19.4 Å². The lowest BCUT2D eigenvalue weighted by Gasteiger charge is -2.12. The first-order chi connectivity index (χ1) is 11.7. The molecule has 2 aromatic rings. The molecule has 0 radical (unpaired) electrons. The summed E-state index contributed by atoms with van der Waals surface area (Å²) in [5.41, 5.74) is 5.19. The third kappa shape index (κ3) is 4.28. The summed E-state index contributed by atoms with van der Waals surface area (Å²) in [6, 6.07) is 15.0. The minimum absolute atomic E-state index is 0.774. The van der Waals surface area contributed by atoms with Gasteiger partial charge in [-0.1, -0.05) is 42.0 Å². The van der Waals surface area contributed by atoms with E-state index in [9.17, 15) is 0 Å². The van der Waals surface area contributed by atoms with Crippen LogP contribution in [0, 0.1) is 6.92 Å². The zero-order chi connectivity index (χ0) is 16.8. The van der Waals surface area contributed by atoms with Gasteiger partial charge in [-0.15, -0.1) is 0 Å². The Labute approximate surface area is 144 Å². The maximum atomic E-state index is 5.55. The van der Waals surface area contributed by atoms with E-state index >= 15 is 0 Å². The van der Waals surface area contributed by atoms with Crippen LogP contribution in [0.25, 0.3) is 0 Å². The van der Waals surface area contributed by atoms with E-state index in [-0.39, 0.29) is 0 Å². The molecule has 4 heteroatoms. The van der Waals surface area contributed by atoms with Crippen molar-refractivity contribution in [3.05, 3.63) is 64.7 Å². The van der Waals surface area contributed by atoms with Crippen molar-refractivity contribution in [2.45, 2.75) is 26.3 Å². The Morgan fingerprint density at radius 2 is 1.88 bits per heavy atom. The van der Waals surface area contributed by atoms with Gasteiger partial charge in [-0.2, -0.15) is 0 Å². The van der Waals surface area contributed by atoms with Crippen LogP contribution in [-0.4, -0.2) is 26.2 Å². The third-order valence-electron chi connectivity index (χ3n) is 4.26. The Balaban J connectivity index is 1.45. The minimum atomic E-state index is 0.774. The molecule has 3 rings (SSSR count). The molecule has 0 fully saturated rings. The second kappa shape index (κ2) is 7.86. The molecule has 0 aromatic heterocycles. The van der Waals surface area contributed by atoms with Crippen molar-refractivity contribution < 1.29 is 4.74 Å². The summed E-state index contributed by atoms with van der Waals surface area (Å²) in [7, 11) is 1.80. The molecule has 0 spiro atoms. The summed E-state index contributed by atoms with van der Waals surface area (Å²) in [6.45, 7) is 4.54. The van der Waals surface area contributed by atoms with Crippen LogP contribution in [0.15, 0.2) is 47.5 Å². The molecule has 0 atom stereocenters. The van der Waals surface area contributed by atoms with Crippen molar-refractivity contribution >= 4 is 5.96 Å². The summed E-state index contributed by atoms with van der Waals surface area (Å²) in [5, 5.41) is 6.73. The maximum absolute atomic E-state index is 5.55. The van der Waals surface area contributed by atoms with Gasteiger partial charge in [-0.3, -0.25) is 4.99 Å². The monoisotopic (exact) mass is 323 g/mol. The Morgan fingerprint density at radius 1 is 1.08 bits per heavy atom. The second-order valence-electron chi connectivity index (χ2n) is 6.13. The fourth-order valence-electron chi connectivity index (χ4n) is 2.83. The molecule has 126 valence electrons. The molecular weight excluding hydrogens is 298 g/mol. The fraction of sp³-hybridized carbons (Fsp3) is 0.350. The van der Waals surface area contributed by atoms with Gasteiger partial charge in [-0.05, 0) is 36.1 Å². The Bertz CT molecular complexity index is 707. The van der Waals surface area contributed by atoms with Crippen molar-refractivity contribution in [2.24, 2.45) is 4.99 Å². The van der Waals surface area contributed by atoms with Crippen molar-refractivity contribution in [3.63, 3.8) is 0 Å². The van der Waals surface area contributed by atoms with E-state index < -0.39 is 0 Å². The summed E-state index contributed by atoms with van der Waals surface area (Å²) in [6.07, 6.45) is 1.99. The molecule has 4 nitrogen and oxygen atoms in total. The Morgan fingerprint density at radius 3 is 2.67 bits per heavy atom. The lowest BCUT2D eigenvalue weighted by Crippen LogP contribution is -2.37. The molecule has 1 heterocycles. The van der Waals surface area contributed by atoms with E-state index in [4.69, 9.17) is 4.74 Å². The number of nitrogens with one attached hydrogen (secondary N) is 2. The number of rotatable bonds is 5. The SMILES string of the molecule is CN=C(NCCc1ccc2c(c1)CCO2)NCc1ccc(C)cc1. The summed E-state index contributed by atoms with van der Waals surface area (Å²) < 4.78 is 5.55. The van der Waals surface area contributed by atoms with Gasteiger partial charge in [0.15, 0.2) is 5.96 Å². The van der Waals surface area contributed by atoms with Crippen molar-refractivity contribution in [1.29, 1.82) is 0 Å². The van der Waals surface area contributed by atoms with Crippen LogP contribution in [0.4, 0.5) is 0 Å². The van der Waals surface area contributed by atoms with E-state index in [1.165, 1.54) is 22.3 Å². The molecule has 1 aliphatic heterocycles. The molecule has 24 heavy (non-hydrogen) atoms. The highest BCUT2D eigenvalue weighted by Crippen LogP contribution is 2.25. The van der Waals surface area contributed by atoms with Gasteiger partial charge in [0.05, 0.1) is 6.61 Å². The first kappa shape index (κ1) is 16.4. The van der Waals surface area contributed by atoms with Crippen LogP contribution in [0.2, 0.25) is 0 Å². The summed E-state index contributed by atoms with van der Waals surface area (Å²) in [4.78, 5) is 4.28. The molecule has 0 bridgehead atoms. The number of benzene rings is 2. The van der Waals surface area contributed by atoms with E-state index in [0.717, 1.165) is 44.2 Å². The van der Waals surface area contributed by atoms with Gasteiger partial charge in [0.2, 0.25) is 0 Å². The van der Waals surface area contributed by atoms with Crippen molar-refractivity contribution in [2.75, 3.05) is 20.2 Å². The molecule has 0 aliphatic carbocycles. The number of aryl methyl sites for hydroxylation is 1. The van der Waals surface area contributed by atoms with Crippen LogP contribution < -0.4 is 15.4 Å². The quantitative estimate of drug-likeness (QED) is 0.657. The maximum Gasteiger partial charge on any atom is 0.191 e. The van der Waals surface area contributed by atoms with Crippen LogP contribution >= 0.6 is 0 Å². The normalized spacial score (nSPS) is 13.3. The number of hydrogen-bond donors (Lipinski definition) is 2. The number of hydrogen-bond acceptors (Lipinski definition) is 2.